The summed E-state index contributed by atoms with van der Waals surface area (Å²) in [7, 11) is -9.89. The first-order valence-electron chi connectivity index (χ1n) is 33.2. The lowest BCUT2D eigenvalue weighted by Gasteiger charge is -2.21. The molecule has 0 saturated heterocycles. The third-order valence-electron chi connectivity index (χ3n) is 14.6. The highest BCUT2D eigenvalue weighted by Gasteiger charge is 2.30. The van der Waals surface area contributed by atoms with Gasteiger partial charge in [0.15, 0.2) is 12.2 Å². The van der Waals surface area contributed by atoms with Crippen molar-refractivity contribution in [3.8, 4) is 0 Å². The van der Waals surface area contributed by atoms with E-state index in [1.165, 1.54) is 103 Å². The van der Waals surface area contributed by atoms with Crippen LogP contribution < -0.4 is 0 Å². The highest BCUT2D eigenvalue weighted by Crippen LogP contribution is 2.45. The van der Waals surface area contributed by atoms with Crippen molar-refractivity contribution in [2.45, 2.75) is 324 Å². The average Bonchev–Trinajstić information content (AvgIpc) is 3.43. The summed E-state index contributed by atoms with van der Waals surface area (Å²) in [4.78, 5) is 72.2. The monoisotopic (exact) mass is 1230 g/mol. The van der Waals surface area contributed by atoms with Gasteiger partial charge in [0.2, 0.25) is 0 Å². The Morgan fingerprint density at radius 2 is 0.506 bits per heavy atom. The second-order valence-electron chi connectivity index (χ2n) is 25.1. The maximum Gasteiger partial charge on any atom is 0.472 e. The lowest BCUT2D eigenvalue weighted by Crippen LogP contribution is -2.30. The van der Waals surface area contributed by atoms with Crippen LogP contribution in [0.1, 0.15) is 306 Å². The maximum atomic E-state index is 13.0. The van der Waals surface area contributed by atoms with E-state index < -0.39 is 97.5 Å². The summed E-state index contributed by atoms with van der Waals surface area (Å²) in [6.45, 7) is 13.9. The van der Waals surface area contributed by atoms with Gasteiger partial charge in [0, 0.05) is 25.7 Å². The van der Waals surface area contributed by atoms with Gasteiger partial charge in [0.1, 0.15) is 19.3 Å². The van der Waals surface area contributed by atoms with E-state index in [4.69, 9.17) is 37.0 Å². The Labute approximate surface area is 505 Å². The maximum absolute atomic E-state index is 13.0. The molecule has 17 nitrogen and oxygen atoms in total. The number of esters is 4. The number of phosphoric ester groups is 2. The molecule has 0 heterocycles. The molecule has 0 aromatic carbocycles. The predicted molar refractivity (Wildman–Crippen MR) is 331 cm³/mol. The largest absolute Gasteiger partial charge is 0.472 e. The van der Waals surface area contributed by atoms with Crippen molar-refractivity contribution >= 4 is 39.5 Å². The van der Waals surface area contributed by atoms with Gasteiger partial charge in [0.25, 0.3) is 0 Å². The first-order chi connectivity index (χ1) is 39.6. The van der Waals surface area contributed by atoms with Crippen LogP contribution in [0, 0.1) is 23.7 Å². The molecule has 0 bridgehead atoms. The Hall–Kier alpha value is -1.94. The molecular formula is C64H124O17P2. The fraction of sp³-hybridized carbons (Fsp3) is 0.938. The molecule has 0 aliphatic rings. The van der Waals surface area contributed by atoms with Gasteiger partial charge in [-0.1, -0.05) is 254 Å². The summed E-state index contributed by atoms with van der Waals surface area (Å²) in [6.07, 6.45) is 33.7. The van der Waals surface area contributed by atoms with Gasteiger partial charge in [-0.05, 0) is 49.4 Å². The summed E-state index contributed by atoms with van der Waals surface area (Å²) in [5, 5.41) is 10.5. The lowest BCUT2D eigenvalue weighted by molar-refractivity contribution is -0.161. The van der Waals surface area contributed by atoms with E-state index in [2.05, 4.69) is 55.4 Å². The number of aliphatic hydroxyl groups is 1. The van der Waals surface area contributed by atoms with Crippen molar-refractivity contribution in [3.05, 3.63) is 0 Å². The number of hydrogen-bond donors (Lipinski definition) is 3. The predicted octanol–water partition coefficient (Wildman–Crippen LogP) is 17.4. The molecule has 0 aliphatic heterocycles. The fourth-order valence-corrected chi connectivity index (χ4v) is 11.0. The van der Waals surface area contributed by atoms with E-state index in [1.54, 1.807) is 0 Å². The summed E-state index contributed by atoms with van der Waals surface area (Å²) < 4.78 is 68.0. The van der Waals surface area contributed by atoms with Crippen LogP contribution in [0.3, 0.4) is 0 Å². The minimum Gasteiger partial charge on any atom is -0.462 e. The van der Waals surface area contributed by atoms with Crippen molar-refractivity contribution in [2.75, 3.05) is 39.6 Å². The van der Waals surface area contributed by atoms with Gasteiger partial charge in [-0.15, -0.1) is 0 Å². The number of unbranched alkanes of at least 4 members (excludes halogenated alkanes) is 27. The van der Waals surface area contributed by atoms with Gasteiger partial charge >= 0.3 is 39.5 Å². The molecule has 0 saturated carbocycles. The van der Waals surface area contributed by atoms with E-state index in [-0.39, 0.29) is 25.7 Å². The Balaban J connectivity index is 5.26. The number of carbonyl (C=O) groups is 4. The molecule has 5 atom stereocenters. The van der Waals surface area contributed by atoms with E-state index in [0.717, 1.165) is 114 Å². The van der Waals surface area contributed by atoms with Gasteiger partial charge in [-0.2, -0.15) is 0 Å². The Morgan fingerprint density at radius 3 is 0.747 bits per heavy atom. The first-order valence-corrected chi connectivity index (χ1v) is 36.2. The smallest absolute Gasteiger partial charge is 0.462 e. The normalized spacial score (nSPS) is 14.4. The van der Waals surface area contributed by atoms with Crippen LogP contribution in [0.5, 0.6) is 0 Å². The van der Waals surface area contributed by atoms with E-state index in [9.17, 15) is 43.2 Å². The number of carbonyl (C=O) groups excluding carboxylic acids is 4. The number of phosphoric acid groups is 2. The molecule has 0 fully saturated rings. The number of rotatable bonds is 61. The average molecular weight is 1230 g/mol. The van der Waals surface area contributed by atoms with Crippen LogP contribution in [0.25, 0.3) is 0 Å². The third kappa shape index (κ3) is 58.8. The van der Waals surface area contributed by atoms with Gasteiger partial charge < -0.3 is 33.8 Å². The summed E-state index contributed by atoms with van der Waals surface area (Å²) in [6, 6.07) is 0. The van der Waals surface area contributed by atoms with Crippen LogP contribution in [0.2, 0.25) is 0 Å². The first kappa shape index (κ1) is 81.1. The molecule has 0 spiro atoms. The molecule has 0 aromatic heterocycles. The summed E-state index contributed by atoms with van der Waals surface area (Å²) in [5.74, 6) is 0.719. The molecule has 3 N–H and O–H groups in total. The Kier molecular flexibility index (Phi) is 53.0. The van der Waals surface area contributed by atoms with Crippen LogP contribution >= 0.6 is 15.6 Å². The van der Waals surface area contributed by atoms with Crippen LogP contribution in [-0.4, -0.2) is 96.7 Å². The second-order valence-corrected chi connectivity index (χ2v) is 28.0. The molecule has 0 aliphatic carbocycles. The quantitative estimate of drug-likeness (QED) is 0.0222. The van der Waals surface area contributed by atoms with Crippen LogP contribution in [0.4, 0.5) is 0 Å². The van der Waals surface area contributed by atoms with Gasteiger partial charge in [-0.25, -0.2) is 9.13 Å². The van der Waals surface area contributed by atoms with E-state index in [1.807, 2.05) is 0 Å². The Bertz CT molecular complexity index is 1660. The number of ether oxygens (including phenoxy) is 4. The number of hydrogen-bond acceptors (Lipinski definition) is 15. The SMILES string of the molecule is CC(C)CCCCCCCCCCCC(=O)O[C@H](COC(=O)CCCCCCCCCCC(C)C)COP(=O)(O)OCC(O)COP(=O)(O)OC[C@@H](COC(=O)CCCCCCCCC(C)C)OC(=O)CCCCCCCCCCC(C)C. The van der Waals surface area contributed by atoms with E-state index >= 15 is 0 Å². The molecule has 0 amide bonds. The minimum atomic E-state index is -4.95. The van der Waals surface area contributed by atoms with Gasteiger partial charge in [0.05, 0.1) is 26.4 Å². The summed E-state index contributed by atoms with van der Waals surface area (Å²) >= 11 is 0. The molecule has 0 rings (SSSR count). The molecule has 83 heavy (non-hydrogen) atoms. The van der Waals surface area contributed by atoms with Crippen molar-refractivity contribution in [2.24, 2.45) is 23.7 Å². The molecule has 0 aromatic rings. The molecule has 492 valence electrons. The topological polar surface area (TPSA) is 237 Å². The Morgan fingerprint density at radius 1 is 0.301 bits per heavy atom. The second kappa shape index (κ2) is 54.2. The highest BCUT2D eigenvalue weighted by atomic mass is 31.2. The van der Waals surface area contributed by atoms with Crippen LogP contribution in [-0.2, 0) is 65.4 Å². The zero-order valence-electron chi connectivity index (χ0n) is 53.8. The molecule has 0 radical (unpaired) electrons. The molecule has 3 unspecified atom stereocenters. The lowest BCUT2D eigenvalue weighted by atomic mass is 10.0. The minimum absolute atomic E-state index is 0.103. The molecule has 19 heteroatoms. The zero-order chi connectivity index (χ0) is 61.8. The van der Waals surface area contributed by atoms with Crippen LogP contribution in [0.15, 0.2) is 0 Å². The van der Waals surface area contributed by atoms with E-state index in [0.29, 0.717) is 31.6 Å². The highest BCUT2D eigenvalue weighted by molar-refractivity contribution is 7.47. The van der Waals surface area contributed by atoms with Crippen molar-refractivity contribution < 1.29 is 80.2 Å². The zero-order valence-corrected chi connectivity index (χ0v) is 55.6. The summed E-state index contributed by atoms with van der Waals surface area (Å²) in [5.41, 5.74) is 0. The van der Waals surface area contributed by atoms with Gasteiger partial charge in [-0.3, -0.25) is 37.3 Å². The van der Waals surface area contributed by atoms with Crippen molar-refractivity contribution in [1.29, 1.82) is 0 Å². The standard InChI is InChI=1S/C64H124O17P2/c1-54(2)40-32-24-16-10-9-11-20-30-38-46-63(68)80-59(50-74-61(66)44-36-28-19-14-12-17-25-33-41-55(3)4)52-78-82(70,71)76-48-58(65)49-77-83(72,73)79-53-60(51-75-62(67)45-37-29-23-22-27-35-43-57(7)8)81-64(69)47-39-31-21-15-13-18-26-34-42-56(5)6/h54-60,65H,9-53H2,1-8H3,(H,70,71)(H,72,73)/t58?,59-,60-/m1/s1. The third-order valence-corrected chi connectivity index (χ3v) is 16.5. The fourth-order valence-electron chi connectivity index (χ4n) is 9.43. The van der Waals surface area contributed by atoms with Crippen molar-refractivity contribution in [1.82, 2.24) is 0 Å². The number of aliphatic hydroxyl groups excluding tert-OH is 1. The van der Waals surface area contributed by atoms with Crippen molar-refractivity contribution in [3.63, 3.8) is 0 Å². The molecular weight excluding hydrogens is 1100 g/mol.